The zero-order valence-electron chi connectivity index (χ0n) is 13.7. The molecule has 0 bridgehead atoms. The number of aryl methyl sites for hydroxylation is 1. The van der Waals surface area contributed by atoms with Crippen LogP contribution in [0.15, 0.2) is 24.3 Å². The summed E-state index contributed by atoms with van der Waals surface area (Å²) >= 11 is 0. The molecule has 3 rings (SSSR count). The molecule has 2 N–H and O–H groups in total. The Bertz CT molecular complexity index is 587. The lowest BCUT2D eigenvalue weighted by atomic mass is 9.95. The number of para-hydroxylation sites is 1. The predicted molar refractivity (Wildman–Crippen MR) is 90.3 cm³/mol. The molecule has 0 aromatic heterocycles. The fourth-order valence-corrected chi connectivity index (χ4v) is 3.42. The molecule has 0 spiro atoms. The Balaban J connectivity index is 1.57. The van der Waals surface area contributed by atoms with Gasteiger partial charge in [-0.15, -0.1) is 0 Å². The van der Waals surface area contributed by atoms with Crippen molar-refractivity contribution in [3.8, 4) is 0 Å². The molecule has 5 nitrogen and oxygen atoms in total. The van der Waals surface area contributed by atoms with Crippen LogP contribution in [-0.2, 0) is 16.0 Å². The van der Waals surface area contributed by atoms with E-state index in [2.05, 4.69) is 23.6 Å². The van der Waals surface area contributed by atoms with E-state index in [-0.39, 0.29) is 17.9 Å². The summed E-state index contributed by atoms with van der Waals surface area (Å²) in [6, 6.07) is 8.17. The van der Waals surface area contributed by atoms with Crippen LogP contribution < -0.4 is 15.5 Å². The second kappa shape index (κ2) is 7.13. The number of anilines is 1. The third kappa shape index (κ3) is 3.72. The third-order valence-corrected chi connectivity index (χ3v) is 4.93. The van der Waals surface area contributed by atoms with Gasteiger partial charge in [0.15, 0.2) is 0 Å². The average Bonchev–Trinajstić information content (AvgIpc) is 2.56. The fourth-order valence-electron chi connectivity index (χ4n) is 3.42. The number of rotatable bonds is 4. The van der Waals surface area contributed by atoms with Crippen LogP contribution >= 0.6 is 0 Å². The summed E-state index contributed by atoms with van der Waals surface area (Å²) in [7, 11) is 0. The van der Waals surface area contributed by atoms with Crippen LogP contribution in [0.3, 0.4) is 0 Å². The van der Waals surface area contributed by atoms with Gasteiger partial charge in [0, 0.05) is 37.7 Å². The van der Waals surface area contributed by atoms with Crippen LogP contribution in [0, 0.1) is 5.92 Å². The van der Waals surface area contributed by atoms with Gasteiger partial charge in [-0.1, -0.05) is 25.1 Å². The largest absolute Gasteiger partial charge is 0.352 e. The number of carbonyl (C=O) groups excluding carboxylic acids is 2. The molecule has 2 atom stereocenters. The van der Waals surface area contributed by atoms with Gasteiger partial charge in [0.25, 0.3) is 0 Å². The first-order valence-corrected chi connectivity index (χ1v) is 8.53. The van der Waals surface area contributed by atoms with E-state index in [9.17, 15) is 9.59 Å². The van der Waals surface area contributed by atoms with Gasteiger partial charge in [0.1, 0.15) is 0 Å². The summed E-state index contributed by atoms with van der Waals surface area (Å²) in [6.45, 7) is 4.48. The van der Waals surface area contributed by atoms with Gasteiger partial charge in [-0.25, -0.2) is 0 Å². The molecule has 1 aromatic rings. The fraction of sp³-hybridized carbons (Fsp3) is 0.556. The van der Waals surface area contributed by atoms with Gasteiger partial charge in [-0.05, 0) is 36.9 Å². The number of piperidine rings is 1. The number of nitrogens with one attached hydrogen (secondary N) is 2. The standard InChI is InChI=1S/C18H25N3O2/c1-13-8-10-19-12-15(13)20-17(22)9-11-21-16-5-3-2-4-14(16)6-7-18(21)23/h2-5,13,15,19H,6-12H2,1H3,(H,20,22). The maximum atomic E-state index is 12.2. The normalized spacial score (nSPS) is 24.2. The summed E-state index contributed by atoms with van der Waals surface area (Å²) < 4.78 is 0. The van der Waals surface area contributed by atoms with Crippen LogP contribution in [0.1, 0.15) is 31.7 Å². The zero-order chi connectivity index (χ0) is 16.2. The highest BCUT2D eigenvalue weighted by Gasteiger charge is 2.26. The molecule has 2 unspecified atom stereocenters. The highest BCUT2D eigenvalue weighted by atomic mass is 16.2. The van der Waals surface area contributed by atoms with E-state index in [4.69, 9.17) is 0 Å². The van der Waals surface area contributed by atoms with E-state index in [0.29, 0.717) is 25.3 Å². The summed E-state index contributed by atoms with van der Waals surface area (Å²) in [6.07, 6.45) is 2.76. The van der Waals surface area contributed by atoms with Crippen LogP contribution in [0.25, 0.3) is 0 Å². The number of hydrogen-bond acceptors (Lipinski definition) is 3. The summed E-state index contributed by atoms with van der Waals surface area (Å²) in [4.78, 5) is 26.2. The van der Waals surface area contributed by atoms with Crippen LogP contribution in [0.5, 0.6) is 0 Å². The average molecular weight is 315 g/mol. The highest BCUT2D eigenvalue weighted by molar-refractivity contribution is 5.97. The van der Waals surface area contributed by atoms with Gasteiger partial charge in [0.2, 0.25) is 11.8 Å². The Kier molecular flexibility index (Phi) is 4.96. The number of amides is 2. The maximum absolute atomic E-state index is 12.2. The minimum Gasteiger partial charge on any atom is -0.352 e. The van der Waals surface area contributed by atoms with Crippen LogP contribution in [0.2, 0.25) is 0 Å². The maximum Gasteiger partial charge on any atom is 0.227 e. The van der Waals surface area contributed by atoms with E-state index in [1.807, 2.05) is 18.2 Å². The topological polar surface area (TPSA) is 61.4 Å². The Morgan fingerprint density at radius 1 is 1.35 bits per heavy atom. The van der Waals surface area contributed by atoms with Crippen molar-refractivity contribution in [3.63, 3.8) is 0 Å². The molecule has 1 aromatic carbocycles. The second-order valence-electron chi connectivity index (χ2n) is 6.57. The summed E-state index contributed by atoms with van der Waals surface area (Å²) in [5.41, 5.74) is 2.15. The zero-order valence-corrected chi connectivity index (χ0v) is 13.7. The molecule has 5 heteroatoms. The molecule has 0 radical (unpaired) electrons. The van der Waals surface area contributed by atoms with Crippen molar-refractivity contribution < 1.29 is 9.59 Å². The first-order valence-electron chi connectivity index (χ1n) is 8.53. The minimum atomic E-state index is 0.0291. The predicted octanol–water partition coefficient (Wildman–Crippen LogP) is 1.47. The van der Waals surface area contributed by atoms with E-state index in [0.717, 1.165) is 31.6 Å². The molecule has 2 aliphatic heterocycles. The number of hydrogen-bond donors (Lipinski definition) is 2. The molecular formula is C18H25N3O2. The second-order valence-corrected chi connectivity index (χ2v) is 6.57. The quantitative estimate of drug-likeness (QED) is 0.884. The lowest BCUT2D eigenvalue weighted by Gasteiger charge is -2.31. The molecule has 1 fully saturated rings. The number of carbonyl (C=O) groups is 2. The first-order chi connectivity index (χ1) is 11.1. The van der Waals surface area contributed by atoms with Crippen molar-refractivity contribution in [1.82, 2.24) is 10.6 Å². The van der Waals surface area contributed by atoms with Crippen molar-refractivity contribution in [2.45, 2.75) is 38.6 Å². The third-order valence-electron chi connectivity index (χ3n) is 4.93. The molecule has 124 valence electrons. The molecule has 1 saturated heterocycles. The Morgan fingerprint density at radius 3 is 3.00 bits per heavy atom. The van der Waals surface area contributed by atoms with Crippen LogP contribution in [-0.4, -0.2) is 37.5 Å². The number of benzene rings is 1. The Hall–Kier alpha value is -1.88. The van der Waals surface area contributed by atoms with Crippen molar-refractivity contribution in [3.05, 3.63) is 29.8 Å². The lowest BCUT2D eigenvalue weighted by molar-refractivity contribution is -0.122. The van der Waals surface area contributed by atoms with Crippen molar-refractivity contribution in [2.24, 2.45) is 5.92 Å². The van der Waals surface area contributed by atoms with Gasteiger partial charge >= 0.3 is 0 Å². The van der Waals surface area contributed by atoms with Gasteiger partial charge in [0.05, 0.1) is 0 Å². The van der Waals surface area contributed by atoms with E-state index >= 15 is 0 Å². The monoisotopic (exact) mass is 315 g/mol. The molecule has 0 saturated carbocycles. The SMILES string of the molecule is CC1CCNCC1NC(=O)CCN1C(=O)CCc2ccccc21. The van der Waals surface area contributed by atoms with E-state index in [1.165, 1.54) is 5.56 Å². The molecule has 2 heterocycles. The van der Waals surface area contributed by atoms with Gasteiger partial charge < -0.3 is 15.5 Å². The van der Waals surface area contributed by atoms with Crippen molar-refractivity contribution in [2.75, 3.05) is 24.5 Å². The molecular weight excluding hydrogens is 290 g/mol. The molecule has 2 aliphatic rings. The highest BCUT2D eigenvalue weighted by Crippen LogP contribution is 2.27. The molecule has 2 amide bonds. The minimum absolute atomic E-state index is 0.0291. The number of fused-ring (bicyclic) bond motifs is 1. The van der Waals surface area contributed by atoms with Crippen molar-refractivity contribution in [1.29, 1.82) is 0 Å². The lowest BCUT2D eigenvalue weighted by Crippen LogP contribution is -2.50. The first kappa shape index (κ1) is 16.0. The Labute approximate surface area is 137 Å². The van der Waals surface area contributed by atoms with Gasteiger partial charge in [-0.2, -0.15) is 0 Å². The smallest absolute Gasteiger partial charge is 0.227 e. The molecule has 23 heavy (non-hydrogen) atoms. The van der Waals surface area contributed by atoms with Crippen molar-refractivity contribution >= 4 is 17.5 Å². The van der Waals surface area contributed by atoms with E-state index < -0.39 is 0 Å². The molecule has 0 aliphatic carbocycles. The Morgan fingerprint density at radius 2 is 2.17 bits per heavy atom. The summed E-state index contributed by atoms with van der Waals surface area (Å²) in [5.74, 6) is 0.642. The van der Waals surface area contributed by atoms with Crippen LogP contribution in [0.4, 0.5) is 5.69 Å². The van der Waals surface area contributed by atoms with E-state index in [1.54, 1.807) is 4.90 Å². The summed E-state index contributed by atoms with van der Waals surface area (Å²) in [5, 5.41) is 6.42. The number of nitrogens with zero attached hydrogens (tertiary/aromatic N) is 1. The van der Waals surface area contributed by atoms with Gasteiger partial charge in [-0.3, -0.25) is 9.59 Å².